The molecule has 0 aromatic heterocycles. The van der Waals surface area contributed by atoms with E-state index in [-0.39, 0.29) is 0 Å². The van der Waals surface area contributed by atoms with Gasteiger partial charge in [-0.2, -0.15) is 0 Å². The molecule has 0 fully saturated rings. The molecule has 0 atom stereocenters. The van der Waals surface area contributed by atoms with Crippen LogP contribution >= 0.6 is 0 Å². The zero-order valence-corrected chi connectivity index (χ0v) is 14.5. The van der Waals surface area contributed by atoms with Crippen molar-refractivity contribution >= 4 is 18.4 Å². The Morgan fingerprint density at radius 2 is 1.33 bits per heavy atom. The summed E-state index contributed by atoms with van der Waals surface area (Å²) in [4.78, 5) is 0. The van der Waals surface area contributed by atoms with Gasteiger partial charge >= 0.3 is 0 Å². The van der Waals surface area contributed by atoms with Crippen molar-refractivity contribution in [2.75, 3.05) is 6.54 Å². The summed E-state index contributed by atoms with van der Waals surface area (Å²) in [6.07, 6.45) is 1.24. The molecule has 0 amide bonds. The van der Waals surface area contributed by atoms with Crippen molar-refractivity contribution in [2.24, 2.45) is 0 Å². The molecule has 0 saturated carbocycles. The number of nitrogens with one attached hydrogen (secondary N) is 1. The molecule has 2 heteroatoms. The van der Waals surface area contributed by atoms with E-state index in [1.54, 1.807) is 10.4 Å². The third-order valence-electron chi connectivity index (χ3n) is 4.23. The average Bonchev–Trinajstić information content (AvgIpc) is 2.53. The van der Waals surface area contributed by atoms with Gasteiger partial charge in [0.2, 0.25) is 0 Å². The fourth-order valence-electron chi connectivity index (χ4n) is 2.90. The topological polar surface area (TPSA) is 12.0 Å². The molecule has 0 aliphatic carbocycles. The van der Waals surface area contributed by atoms with E-state index in [4.69, 9.17) is 0 Å². The van der Waals surface area contributed by atoms with Crippen LogP contribution in [0.4, 0.5) is 0 Å². The minimum absolute atomic E-state index is 0.575. The summed E-state index contributed by atoms with van der Waals surface area (Å²) in [5, 5.41) is 6.63. The van der Waals surface area contributed by atoms with Crippen LogP contribution in [0.3, 0.4) is 0 Å². The monoisotopic (exact) mass is 297 g/mol. The van der Waals surface area contributed by atoms with E-state index >= 15 is 0 Å². The summed E-state index contributed by atoms with van der Waals surface area (Å²) in [6, 6.07) is 24.1. The summed E-state index contributed by atoms with van der Waals surface area (Å²) in [5.41, 5.74) is 0. The Morgan fingerprint density at radius 3 is 1.76 bits per heavy atom. The van der Waals surface area contributed by atoms with Gasteiger partial charge < -0.3 is 5.32 Å². The largest absolute Gasteiger partial charge is 0.315 e. The fourth-order valence-corrected chi connectivity index (χ4v) is 6.55. The molecule has 21 heavy (non-hydrogen) atoms. The lowest BCUT2D eigenvalue weighted by molar-refractivity contribution is 0.582. The van der Waals surface area contributed by atoms with Crippen LogP contribution in [0.5, 0.6) is 0 Å². The molecule has 0 spiro atoms. The number of benzene rings is 2. The van der Waals surface area contributed by atoms with Crippen LogP contribution in [0, 0.1) is 0 Å². The number of rotatable bonds is 7. The second-order valence-corrected chi connectivity index (χ2v) is 10.6. The molecule has 112 valence electrons. The van der Waals surface area contributed by atoms with Gasteiger partial charge in [-0.3, -0.25) is 0 Å². The van der Waals surface area contributed by atoms with Crippen molar-refractivity contribution in [2.45, 2.75) is 38.9 Å². The highest BCUT2D eigenvalue weighted by atomic mass is 28.3. The highest BCUT2D eigenvalue weighted by Crippen LogP contribution is 2.13. The van der Waals surface area contributed by atoms with E-state index in [1.807, 2.05) is 0 Å². The quantitative estimate of drug-likeness (QED) is 0.611. The van der Waals surface area contributed by atoms with Crippen LogP contribution < -0.4 is 15.7 Å². The Labute approximate surface area is 130 Å². The van der Waals surface area contributed by atoms with Crippen molar-refractivity contribution in [1.82, 2.24) is 5.32 Å². The first-order valence-electron chi connectivity index (χ1n) is 7.97. The smallest absolute Gasteiger partial charge is 0.115 e. The minimum atomic E-state index is -1.61. The van der Waals surface area contributed by atoms with Crippen LogP contribution in [0.15, 0.2) is 60.7 Å². The van der Waals surface area contributed by atoms with Crippen molar-refractivity contribution in [3.8, 4) is 0 Å². The molecule has 0 heterocycles. The normalized spacial score (nSPS) is 11.8. The van der Waals surface area contributed by atoms with Gasteiger partial charge in [-0.15, -0.1) is 0 Å². The molecule has 1 nitrogen and oxygen atoms in total. The predicted molar refractivity (Wildman–Crippen MR) is 96.3 cm³/mol. The summed E-state index contributed by atoms with van der Waals surface area (Å²) < 4.78 is 0. The average molecular weight is 298 g/mol. The number of hydrogen-bond acceptors (Lipinski definition) is 1. The van der Waals surface area contributed by atoms with Crippen LogP contribution in [0.1, 0.15) is 20.3 Å². The van der Waals surface area contributed by atoms with Gasteiger partial charge in [0.25, 0.3) is 0 Å². The highest BCUT2D eigenvalue weighted by molar-refractivity contribution is 7.01. The zero-order chi connectivity index (χ0) is 15.1. The molecule has 0 aliphatic heterocycles. The van der Waals surface area contributed by atoms with Crippen LogP contribution in [0.25, 0.3) is 0 Å². The first kappa shape index (κ1) is 16.0. The van der Waals surface area contributed by atoms with E-state index in [0.29, 0.717) is 6.04 Å². The second-order valence-electron chi connectivity index (χ2n) is 6.28. The van der Waals surface area contributed by atoms with Crippen molar-refractivity contribution in [3.05, 3.63) is 60.7 Å². The maximum Gasteiger partial charge on any atom is 0.115 e. The second kappa shape index (κ2) is 7.58. The predicted octanol–water partition coefficient (Wildman–Crippen LogP) is 3.27. The lowest BCUT2D eigenvalue weighted by Crippen LogP contribution is -2.55. The fraction of sp³-hybridized carbons (Fsp3) is 0.368. The van der Waals surface area contributed by atoms with Gasteiger partial charge in [0.15, 0.2) is 0 Å². The van der Waals surface area contributed by atoms with Crippen LogP contribution in [0.2, 0.25) is 12.6 Å². The first-order chi connectivity index (χ1) is 10.1. The van der Waals surface area contributed by atoms with Gasteiger partial charge in [-0.05, 0) is 19.0 Å². The molecule has 0 aliphatic rings. The number of hydrogen-bond donors (Lipinski definition) is 1. The van der Waals surface area contributed by atoms with Crippen molar-refractivity contribution < 1.29 is 0 Å². The van der Waals surface area contributed by atoms with E-state index < -0.39 is 8.07 Å². The lowest BCUT2D eigenvalue weighted by Gasteiger charge is -2.29. The Hall–Kier alpha value is -1.38. The standard InChI is InChI=1S/C19H27NSi/c1-17(2)20-15-10-16-21(3,18-11-6-4-7-12-18)19-13-8-5-9-14-19/h4-9,11-14,17,20H,10,15-16H2,1-3H3. The zero-order valence-electron chi connectivity index (χ0n) is 13.5. The Kier molecular flexibility index (Phi) is 5.77. The summed E-state index contributed by atoms with van der Waals surface area (Å²) in [7, 11) is -1.61. The molecule has 2 aromatic rings. The molecule has 0 radical (unpaired) electrons. The third-order valence-corrected chi connectivity index (χ3v) is 8.80. The Bertz CT molecular complexity index is 482. The molecular weight excluding hydrogens is 270 g/mol. The van der Waals surface area contributed by atoms with Crippen LogP contribution in [-0.2, 0) is 0 Å². The maximum atomic E-state index is 3.54. The highest BCUT2D eigenvalue weighted by Gasteiger charge is 2.30. The van der Waals surface area contributed by atoms with E-state index in [9.17, 15) is 0 Å². The van der Waals surface area contributed by atoms with Crippen LogP contribution in [-0.4, -0.2) is 20.7 Å². The molecule has 1 N–H and O–H groups in total. The van der Waals surface area contributed by atoms with Crippen molar-refractivity contribution in [3.63, 3.8) is 0 Å². The molecule has 0 bridgehead atoms. The summed E-state index contributed by atoms with van der Waals surface area (Å²) in [5.74, 6) is 0. The van der Waals surface area contributed by atoms with Gasteiger partial charge in [-0.25, -0.2) is 0 Å². The summed E-state index contributed by atoms with van der Waals surface area (Å²) >= 11 is 0. The van der Waals surface area contributed by atoms with Gasteiger partial charge in [0.05, 0.1) is 0 Å². The van der Waals surface area contributed by atoms with E-state index in [0.717, 1.165) is 6.54 Å². The van der Waals surface area contributed by atoms with E-state index in [1.165, 1.54) is 12.5 Å². The van der Waals surface area contributed by atoms with Gasteiger partial charge in [0.1, 0.15) is 8.07 Å². The van der Waals surface area contributed by atoms with E-state index in [2.05, 4.69) is 86.4 Å². The molecule has 0 unspecified atom stereocenters. The van der Waals surface area contributed by atoms with Gasteiger partial charge in [0, 0.05) is 6.04 Å². The minimum Gasteiger partial charge on any atom is -0.315 e. The first-order valence-corrected chi connectivity index (χ1v) is 10.7. The maximum absolute atomic E-state index is 3.54. The SMILES string of the molecule is CC(C)NCCC[Si](C)(c1ccccc1)c1ccccc1. The Morgan fingerprint density at radius 1 is 0.857 bits per heavy atom. The molecule has 2 rings (SSSR count). The molecular formula is C19H27NSi. The Balaban J connectivity index is 2.19. The molecule has 0 saturated heterocycles. The lowest BCUT2D eigenvalue weighted by atomic mass is 10.3. The summed E-state index contributed by atoms with van der Waals surface area (Å²) in [6.45, 7) is 8.04. The third kappa shape index (κ3) is 4.29. The molecule has 2 aromatic carbocycles. The van der Waals surface area contributed by atoms with Gasteiger partial charge in [-0.1, -0.05) is 91.4 Å². The van der Waals surface area contributed by atoms with Crippen molar-refractivity contribution in [1.29, 1.82) is 0 Å².